The van der Waals surface area contributed by atoms with Gasteiger partial charge in [0.1, 0.15) is 0 Å². The Balaban J connectivity index is 0.000000284. The highest BCUT2D eigenvalue weighted by Gasteiger charge is 1.90. The van der Waals surface area contributed by atoms with E-state index in [0.29, 0.717) is 0 Å². The van der Waals surface area contributed by atoms with Crippen molar-refractivity contribution in [3.8, 4) is 11.5 Å². The topological polar surface area (TPSA) is 40.5 Å². The highest BCUT2D eigenvalue weighted by molar-refractivity contribution is 5.85. The van der Waals surface area contributed by atoms with Gasteiger partial charge in [-0.3, -0.25) is 0 Å². The van der Waals surface area contributed by atoms with E-state index in [1.165, 1.54) is 17.7 Å². The maximum Gasteiger partial charge on any atom is 0.157 e. The van der Waals surface area contributed by atoms with Gasteiger partial charge in [-0.2, -0.15) is 0 Å². The molecule has 0 aliphatic heterocycles. The van der Waals surface area contributed by atoms with E-state index in [9.17, 15) is 0 Å². The van der Waals surface area contributed by atoms with Crippen LogP contribution in [0.5, 0.6) is 11.5 Å². The molecule has 0 amide bonds. The van der Waals surface area contributed by atoms with E-state index in [2.05, 4.69) is 6.58 Å². The Bertz CT molecular complexity index is 420. The van der Waals surface area contributed by atoms with Crippen LogP contribution in [0.25, 0.3) is 6.08 Å². The van der Waals surface area contributed by atoms with Gasteiger partial charge in [-0.25, -0.2) is 0 Å². The molecule has 0 fully saturated rings. The SMILES string of the molecule is C=Cc1ccccc1.Cl.Oc1ccccc1O. The second-order valence-electron chi connectivity index (χ2n) is 3.10. The molecular weight excluding hydrogens is 236 g/mol. The smallest absolute Gasteiger partial charge is 0.157 e. The molecule has 2 N–H and O–H groups in total. The summed E-state index contributed by atoms with van der Waals surface area (Å²) in [5.41, 5.74) is 1.17. The van der Waals surface area contributed by atoms with E-state index in [-0.39, 0.29) is 23.9 Å². The molecule has 0 saturated heterocycles. The summed E-state index contributed by atoms with van der Waals surface area (Å²) < 4.78 is 0. The van der Waals surface area contributed by atoms with E-state index >= 15 is 0 Å². The van der Waals surface area contributed by atoms with Crippen LogP contribution in [0, 0.1) is 0 Å². The average molecular weight is 251 g/mol. The maximum absolute atomic E-state index is 8.67. The minimum absolute atomic E-state index is 0. The second kappa shape index (κ2) is 8.25. The van der Waals surface area contributed by atoms with Crippen molar-refractivity contribution in [3.63, 3.8) is 0 Å². The Kier molecular flexibility index (Phi) is 7.31. The minimum atomic E-state index is -0.0764. The molecule has 0 aliphatic carbocycles. The molecule has 2 aromatic carbocycles. The zero-order valence-electron chi connectivity index (χ0n) is 9.28. The summed E-state index contributed by atoms with van der Waals surface area (Å²) in [7, 11) is 0. The number of para-hydroxylation sites is 2. The summed E-state index contributed by atoms with van der Waals surface area (Å²) in [6, 6.07) is 16.2. The summed E-state index contributed by atoms with van der Waals surface area (Å²) >= 11 is 0. The van der Waals surface area contributed by atoms with Gasteiger partial charge in [-0.05, 0) is 17.7 Å². The zero-order chi connectivity index (χ0) is 11.8. The van der Waals surface area contributed by atoms with Crippen LogP contribution in [0.3, 0.4) is 0 Å². The molecule has 0 atom stereocenters. The van der Waals surface area contributed by atoms with Crippen molar-refractivity contribution in [2.45, 2.75) is 0 Å². The molecule has 0 saturated carbocycles. The van der Waals surface area contributed by atoms with Crippen LogP contribution in [0.4, 0.5) is 0 Å². The molecule has 17 heavy (non-hydrogen) atoms. The molecule has 2 nitrogen and oxygen atoms in total. The minimum Gasteiger partial charge on any atom is -0.504 e. The number of phenolic OH excluding ortho intramolecular Hbond substituents is 2. The van der Waals surface area contributed by atoms with Crippen LogP contribution < -0.4 is 0 Å². The van der Waals surface area contributed by atoms with Crippen molar-refractivity contribution >= 4 is 18.5 Å². The molecule has 0 aliphatic rings. The Labute approximate surface area is 107 Å². The van der Waals surface area contributed by atoms with Crippen LogP contribution >= 0.6 is 12.4 Å². The molecule has 0 radical (unpaired) electrons. The fourth-order valence-electron chi connectivity index (χ4n) is 1.05. The first kappa shape index (κ1) is 15.1. The molecule has 0 unspecified atom stereocenters. The predicted octanol–water partition coefficient (Wildman–Crippen LogP) is 3.85. The van der Waals surface area contributed by atoms with Crippen molar-refractivity contribution in [3.05, 3.63) is 66.7 Å². The van der Waals surface area contributed by atoms with Crippen LogP contribution in [-0.2, 0) is 0 Å². The van der Waals surface area contributed by atoms with Crippen LogP contribution in [-0.4, -0.2) is 10.2 Å². The van der Waals surface area contributed by atoms with E-state index < -0.39 is 0 Å². The van der Waals surface area contributed by atoms with Crippen molar-refractivity contribution in [1.82, 2.24) is 0 Å². The van der Waals surface area contributed by atoms with Gasteiger partial charge >= 0.3 is 0 Å². The molecule has 90 valence electrons. The fourth-order valence-corrected chi connectivity index (χ4v) is 1.05. The number of benzene rings is 2. The molecule has 0 aromatic heterocycles. The van der Waals surface area contributed by atoms with Crippen LogP contribution in [0.1, 0.15) is 5.56 Å². The summed E-state index contributed by atoms with van der Waals surface area (Å²) in [5, 5.41) is 17.3. The third-order valence-electron chi connectivity index (χ3n) is 1.92. The average Bonchev–Trinajstić information content (AvgIpc) is 2.35. The van der Waals surface area contributed by atoms with Gasteiger partial charge < -0.3 is 10.2 Å². The van der Waals surface area contributed by atoms with Gasteiger partial charge in [0.25, 0.3) is 0 Å². The summed E-state index contributed by atoms with van der Waals surface area (Å²) in [6.07, 6.45) is 1.83. The van der Waals surface area contributed by atoms with Gasteiger partial charge in [0.2, 0.25) is 0 Å². The molecule has 0 bridgehead atoms. The largest absolute Gasteiger partial charge is 0.504 e. The lowest BCUT2D eigenvalue weighted by molar-refractivity contribution is 0.404. The Morgan fingerprint density at radius 1 is 0.765 bits per heavy atom. The highest BCUT2D eigenvalue weighted by Crippen LogP contribution is 2.21. The maximum atomic E-state index is 8.67. The van der Waals surface area contributed by atoms with Crippen LogP contribution in [0.2, 0.25) is 0 Å². The van der Waals surface area contributed by atoms with Gasteiger partial charge in [-0.15, -0.1) is 12.4 Å². The van der Waals surface area contributed by atoms with Crippen molar-refractivity contribution < 1.29 is 10.2 Å². The zero-order valence-corrected chi connectivity index (χ0v) is 10.1. The normalized spacial score (nSPS) is 8.24. The van der Waals surface area contributed by atoms with Crippen LogP contribution in [0.15, 0.2) is 61.2 Å². The third-order valence-corrected chi connectivity index (χ3v) is 1.92. The van der Waals surface area contributed by atoms with Gasteiger partial charge in [-0.1, -0.05) is 55.1 Å². The summed E-state index contributed by atoms with van der Waals surface area (Å²) in [6.45, 7) is 3.63. The quantitative estimate of drug-likeness (QED) is 0.755. The van der Waals surface area contributed by atoms with Gasteiger partial charge in [0.05, 0.1) is 0 Å². The number of halogens is 1. The Morgan fingerprint density at radius 2 is 1.18 bits per heavy atom. The van der Waals surface area contributed by atoms with Crippen molar-refractivity contribution in [2.24, 2.45) is 0 Å². The van der Waals surface area contributed by atoms with E-state index in [4.69, 9.17) is 10.2 Å². The Morgan fingerprint density at radius 3 is 1.47 bits per heavy atom. The third kappa shape index (κ3) is 5.64. The van der Waals surface area contributed by atoms with E-state index in [1.54, 1.807) is 12.1 Å². The fraction of sp³-hybridized carbons (Fsp3) is 0. The first-order valence-electron chi connectivity index (χ1n) is 4.88. The van der Waals surface area contributed by atoms with Gasteiger partial charge in [0.15, 0.2) is 11.5 Å². The monoisotopic (exact) mass is 250 g/mol. The summed E-state index contributed by atoms with van der Waals surface area (Å²) in [5.74, 6) is -0.153. The second-order valence-corrected chi connectivity index (χ2v) is 3.10. The predicted molar refractivity (Wildman–Crippen MR) is 73.6 cm³/mol. The lowest BCUT2D eigenvalue weighted by Crippen LogP contribution is -1.63. The molecule has 0 heterocycles. The van der Waals surface area contributed by atoms with Crippen molar-refractivity contribution in [1.29, 1.82) is 0 Å². The number of aromatic hydroxyl groups is 2. The lowest BCUT2D eigenvalue weighted by atomic mass is 10.2. The number of rotatable bonds is 1. The highest BCUT2D eigenvalue weighted by atomic mass is 35.5. The number of phenols is 2. The first-order valence-corrected chi connectivity index (χ1v) is 4.88. The molecular formula is C14H15ClO2. The standard InChI is InChI=1S/C8H8.C6H6O2.ClH/c1-2-8-6-4-3-5-7-8;7-5-3-1-2-4-6(5)8;/h2-7H,1H2;1-4,7-8H;1H. The van der Waals surface area contributed by atoms with E-state index in [0.717, 1.165) is 0 Å². The lowest BCUT2D eigenvalue weighted by Gasteiger charge is -1.91. The molecule has 2 rings (SSSR count). The van der Waals surface area contributed by atoms with E-state index in [1.807, 2.05) is 36.4 Å². The molecule has 0 spiro atoms. The molecule has 3 heteroatoms. The first-order chi connectivity index (χ1) is 7.74. The van der Waals surface area contributed by atoms with Gasteiger partial charge in [0, 0.05) is 0 Å². The summed E-state index contributed by atoms with van der Waals surface area (Å²) in [4.78, 5) is 0. The van der Waals surface area contributed by atoms with Crippen molar-refractivity contribution in [2.75, 3.05) is 0 Å². The Hall–Kier alpha value is -1.93. The number of hydrogen-bond donors (Lipinski definition) is 2. The molecule has 2 aromatic rings. The number of hydrogen-bond acceptors (Lipinski definition) is 2.